The highest BCUT2D eigenvalue weighted by molar-refractivity contribution is 7.47. The van der Waals surface area contributed by atoms with Crippen LogP contribution in [0.2, 0.25) is 0 Å². The van der Waals surface area contributed by atoms with Crippen molar-refractivity contribution in [2.75, 3.05) is 26.4 Å². The van der Waals surface area contributed by atoms with E-state index in [0.717, 1.165) is 83.5 Å². The lowest BCUT2D eigenvalue weighted by atomic mass is 10.1. The molecule has 0 aliphatic carbocycles. The summed E-state index contributed by atoms with van der Waals surface area (Å²) in [6.45, 7) is 3.60. The van der Waals surface area contributed by atoms with Crippen molar-refractivity contribution in [3.63, 3.8) is 0 Å². The third-order valence-electron chi connectivity index (χ3n) is 6.81. The Kier molecular flexibility index (Phi) is 29.4. The fourth-order valence-electron chi connectivity index (χ4n) is 4.24. The molecular formula is C33H62NO8P. The molecule has 0 aromatic carbocycles. The van der Waals surface area contributed by atoms with Crippen molar-refractivity contribution in [1.29, 1.82) is 0 Å². The van der Waals surface area contributed by atoms with Crippen LogP contribution in [0.25, 0.3) is 0 Å². The van der Waals surface area contributed by atoms with E-state index in [4.69, 9.17) is 24.3 Å². The summed E-state index contributed by atoms with van der Waals surface area (Å²) in [5, 5.41) is 0. The molecule has 0 bridgehead atoms. The summed E-state index contributed by atoms with van der Waals surface area (Å²) >= 11 is 0. The number of hydrogen-bond acceptors (Lipinski definition) is 8. The van der Waals surface area contributed by atoms with Gasteiger partial charge in [0.15, 0.2) is 6.10 Å². The van der Waals surface area contributed by atoms with Gasteiger partial charge in [0.1, 0.15) is 6.61 Å². The largest absolute Gasteiger partial charge is 0.472 e. The highest BCUT2D eigenvalue weighted by Gasteiger charge is 2.25. The number of carbonyl (C=O) groups is 2. The summed E-state index contributed by atoms with van der Waals surface area (Å²) < 4.78 is 32.5. The number of rotatable bonds is 31. The van der Waals surface area contributed by atoms with Gasteiger partial charge < -0.3 is 20.1 Å². The minimum absolute atomic E-state index is 0.0513. The van der Waals surface area contributed by atoms with E-state index in [9.17, 15) is 19.0 Å². The zero-order chi connectivity index (χ0) is 31.9. The predicted octanol–water partition coefficient (Wildman–Crippen LogP) is 8.49. The van der Waals surface area contributed by atoms with Gasteiger partial charge in [-0.25, -0.2) is 4.57 Å². The van der Waals surface area contributed by atoms with Crippen LogP contribution in [0.3, 0.4) is 0 Å². The Morgan fingerprint density at radius 3 is 1.65 bits per heavy atom. The topological polar surface area (TPSA) is 134 Å². The Hall–Kier alpha value is -1.51. The Bertz CT molecular complexity index is 774. The number of hydrogen-bond donors (Lipinski definition) is 2. The number of unbranched alkanes of at least 4 members (excludes halogenated alkanes) is 14. The van der Waals surface area contributed by atoms with Crippen molar-refractivity contribution in [1.82, 2.24) is 0 Å². The van der Waals surface area contributed by atoms with Crippen LogP contribution >= 0.6 is 7.82 Å². The number of phosphoric acid groups is 1. The summed E-state index contributed by atoms with van der Waals surface area (Å²) in [4.78, 5) is 34.5. The molecule has 0 aromatic heterocycles. The second-order valence-corrected chi connectivity index (χ2v) is 12.5. The molecule has 0 fully saturated rings. The molecular weight excluding hydrogens is 569 g/mol. The van der Waals surface area contributed by atoms with E-state index in [0.29, 0.717) is 6.42 Å². The van der Waals surface area contributed by atoms with Gasteiger partial charge in [-0.3, -0.25) is 18.6 Å². The number of carbonyl (C=O) groups excluding carboxylic acids is 2. The van der Waals surface area contributed by atoms with Gasteiger partial charge in [0.25, 0.3) is 0 Å². The number of esters is 2. The zero-order valence-electron chi connectivity index (χ0n) is 27.2. The van der Waals surface area contributed by atoms with Crippen LogP contribution in [0, 0.1) is 0 Å². The molecule has 2 atom stereocenters. The number of phosphoric ester groups is 1. The molecule has 0 saturated heterocycles. The van der Waals surface area contributed by atoms with Crippen LogP contribution in [0.1, 0.15) is 142 Å². The Morgan fingerprint density at radius 2 is 1.14 bits per heavy atom. The van der Waals surface area contributed by atoms with Crippen molar-refractivity contribution < 1.29 is 37.6 Å². The number of ether oxygens (including phenoxy) is 2. The molecule has 0 radical (unpaired) electrons. The Morgan fingerprint density at radius 1 is 0.674 bits per heavy atom. The molecule has 0 spiro atoms. The third-order valence-corrected chi connectivity index (χ3v) is 7.79. The molecule has 10 heteroatoms. The first kappa shape index (κ1) is 41.5. The van der Waals surface area contributed by atoms with E-state index in [1.165, 1.54) is 25.7 Å². The van der Waals surface area contributed by atoms with Crippen molar-refractivity contribution in [2.24, 2.45) is 5.73 Å². The van der Waals surface area contributed by atoms with Crippen LogP contribution in [-0.4, -0.2) is 49.3 Å². The van der Waals surface area contributed by atoms with Crippen LogP contribution in [0.4, 0.5) is 0 Å². The summed E-state index contributed by atoms with van der Waals surface area (Å²) in [5.74, 6) is -0.856. The van der Waals surface area contributed by atoms with Crippen molar-refractivity contribution in [3.8, 4) is 0 Å². The molecule has 252 valence electrons. The van der Waals surface area contributed by atoms with E-state index in [2.05, 4.69) is 38.2 Å². The molecule has 0 amide bonds. The first-order valence-corrected chi connectivity index (χ1v) is 18.3. The van der Waals surface area contributed by atoms with Gasteiger partial charge in [-0.15, -0.1) is 0 Å². The van der Waals surface area contributed by atoms with Crippen LogP contribution in [0.15, 0.2) is 24.3 Å². The van der Waals surface area contributed by atoms with Crippen molar-refractivity contribution in [2.45, 2.75) is 148 Å². The van der Waals surface area contributed by atoms with Crippen LogP contribution < -0.4 is 5.73 Å². The summed E-state index contributed by atoms with van der Waals surface area (Å²) in [6, 6.07) is 0. The molecule has 3 N–H and O–H groups in total. The first-order valence-electron chi connectivity index (χ1n) is 16.8. The molecule has 0 rings (SSSR count). The molecule has 9 nitrogen and oxygen atoms in total. The zero-order valence-corrected chi connectivity index (χ0v) is 28.1. The van der Waals surface area contributed by atoms with Gasteiger partial charge in [0.2, 0.25) is 0 Å². The molecule has 0 aliphatic heterocycles. The maximum atomic E-state index is 12.4. The molecule has 0 aromatic rings. The predicted molar refractivity (Wildman–Crippen MR) is 174 cm³/mol. The molecule has 0 saturated carbocycles. The lowest BCUT2D eigenvalue weighted by Crippen LogP contribution is -2.29. The lowest BCUT2D eigenvalue weighted by Gasteiger charge is -2.19. The normalized spacial score (nSPS) is 13.9. The average Bonchev–Trinajstić information content (AvgIpc) is 2.99. The Balaban J connectivity index is 4.32. The number of allylic oxidation sites excluding steroid dienone is 4. The quantitative estimate of drug-likeness (QED) is 0.0334. The molecule has 0 aliphatic rings. The maximum absolute atomic E-state index is 12.4. The van der Waals surface area contributed by atoms with E-state index in [1.54, 1.807) is 0 Å². The van der Waals surface area contributed by atoms with Gasteiger partial charge in [0.05, 0.1) is 13.2 Å². The monoisotopic (exact) mass is 631 g/mol. The van der Waals surface area contributed by atoms with E-state index in [-0.39, 0.29) is 32.6 Å². The second-order valence-electron chi connectivity index (χ2n) is 11.0. The fourth-order valence-corrected chi connectivity index (χ4v) is 5.01. The smallest absolute Gasteiger partial charge is 0.462 e. The maximum Gasteiger partial charge on any atom is 0.472 e. The van der Waals surface area contributed by atoms with Crippen molar-refractivity contribution >= 4 is 19.8 Å². The first-order chi connectivity index (χ1) is 20.8. The average molecular weight is 632 g/mol. The van der Waals surface area contributed by atoms with Crippen molar-refractivity contribution in [3.05, 3.63) is 24.3 Å². The third kappa shape index (κ3) is 30.3. The van der Waals surface area contributed by atoms with Crippen LogP contribution in [-0.2, 0) is 32.7 Å². The van der Waals surface area contributed by atoms with E-state index >= 15 is 0 Å². The highest BCUT2D eigenvalue weighted by atomic mass is 31.2. The minimum atomic E-state index is -4.36. The van der Waals surface area contributed by atoms with Gasteiger partial charge >= 0.3 is 19.8 Å². The number of nitrogens with two attached hydrogens (primary N) is 1. The standard InChI is InChI=1S/C33H62NO8P/c1-3-5-7-9-11-13-15-17-19-21-23-25-32(35)39-29-31(30-41-43(37,38)40-28-27-34)42-33(36)26-24-22-20-18-16-14-12-10-8-6-4-2/h9-12,31H,3-8,13-30,34H2,1-2H3,(H,37,38)/b11-9+,12-10+/t31-/m1/s1. The summed E-state index contributed by atoms with van der Waals surface area (Å²) in [5.41, 5.74) is 5.31. The summed E-state index contributed by atoms with van der Waals surface area (Å²) in [7, 11) is -4.36. The van der Waals surface area contributed by atoms with Crippen LogP contribution in [0.5, 0.6) is 0 Å². The SMILES string of the molecule is CCCC/C=C/CCCCCCCC(=O)OC[C@H](COP(=O)(O)OCCN)OC(=O)CCCCCCC/C=C/CCCC. The Labute approximate surface area is 261 Å². The summed E-state index contributed by atoms with van der Waals surface area (Å²) in [6.07, 6.45) is 27.8. The van der Waals surface area contributed by atoms with Gasteiger partial charge in [-0.05, 0) is 51.4 Å². The van der Waals surface area contributed by atoms with Gasteiger partial charge in [-0.2, -0.15) is 0 Å². The van der Waals surface area contributed by atoms with E-state index < -0.39 is 32.5 Å². The molecule has 0 heterocycles. The minimum Gasteiger partial charge on any atom is -0.462 e. The van der Waals surface area contributed by atoms with Gasteiger partial charge in [0, 0.05) is 19.4 Å². The van der Waals surface area contributed by atoms with Gasteiger partial charge in [-0.1, -0.05) is 102 Å². The fraction of sp³-hybridized carbons (Fsp3) is 0.818. The van der Waals surface area contributed by atoms with E-state index in [1.807, 2.05) is 0 Å². The second kappa shape index (κ2) is 30.5. The molecule has 1 unspecified atom stereocenters. The highest BCUT2D eigenvalue weighted by Crippen LogP contribution is 2.43. The molecule has 43 heavy (non-hydrogen) atoms. The lowest BCUT2D eigenvalue weighted by molar-refractivity contribution is -0.161.